The molecule has 0 bridgehead atoms. The van der Waals surface area contributed by atoms with Gasteiger partial charge in [-0.2, -0.15) is 0 Å². The number of ether oxygens (including phenoxy) is 1. The number of carboxylic acids is 1. The van der Waals surface area contributed by atoms with Crippen LogP contribution in [0.3, 0.4) is 0 Å². The topological polar surface area (TPSA) is 105 Å². The third kappa shape index (κ3) is 4.93. The van der Waals surface area contributed by atoms with E-state index in [1.165, 1.54) is 11.1 Å². The lowest BCUT2D eigenvalue weighted by Gasteiger charge is -2.41. The molecular weight excluding hydrogens is 432 g/mol. The molecule has 1 saturated carbocycles. The molecule has 3 N–H and O–H groups in total. The molecule has 1 fully saturated rings. The molecule has 0 aliphatic heterocycles. The molecule has 0 aromatic heterocycles. The Hall–Kier alpha value is -3.35. The first-order valence-corrected chi connectivity index (χ1v) is 11.9. The number of alkyl carbamates (subject to hydrolysis) is 1. The van der Waals surface area contributed by atoms with E-state index in [1.807, 2.05) is 31.2 Å². The first-order valence-electron chi connectivity index (χ1n) is 11.9. The minimum absolute atomic E-state index is 0.0340. The highest BCUT2D eigenvalue weighted by Gasteiger charge is 2.43. The fraction of sp³-hybridized carbons (Fsp3) is 0.444. The maximum absolute atomic E-state index is 12.9. The molecule has 4 rings (SSSR count). The van der Waals surface area contributed by atoms with Crippen LogP contribution in [0, 0.1) is 5.92 Å². The molecule has 0 heterocycles. The van der Waals surface area contributed by atoms with Crippen LogP contribution < -0.4 is 10.6 Å². The fourth-order valence-electron chi connectivity index (χ4n) is 5.43. The van der Waals surface area contributed by atoms with Gasteiger partial charge < -0.3 is 20.5 Å². The SMILES string of the molecule is CC(CC(=O)O)NC(=O)C1CCCCC1(C)NC(=O)OCC1c2ccccc2-c2ccccc21. The van der Waals surface area contributed by atoms with Gasteiger partial charge in [-0.25, -0.2) is 4.79 Å². The van der Waals surface area contributed by atoms with Gasteiger partial charge in [0.05, 0.1) is 17.9 Å². The highest BCUT2D eigenvalue weighted by molar-refractivity contribution is 5.82. The summed E-state index contributed by atoms with van der Waals surface area (Å²) in [5.74, 6) is -1.67. The number of carbonyl (C=O) groups is 3. The van der Waals surface area contributed by atoms with Crippen molar-refractivity contribution in [2.45, 2.75) is 63.5 Å². The maximum atomic E-state index is 12.9. The van der Waals surface area contributed by atoms with E-state index in [0.717, 1.165) is 24.0 Å². The van der Waals surface area contributed by atoms with Crippen molar-refractivity contribution in [1.29, 1.82) is 0 Å². The largest absolute Gasteiger partial charge is 0.481 e. The molecule has 0 radical (unpaired) electrons. The van der Waals surface area contributed by atoms with Crippen LogP contribution in [0.15, 0.2) is 48.5 Å². The van der Waals surface area contributed by atoms with E-state index >= 15 is 0 Å². The number of benzene rings is 2. The minimum Gasteiger partial charge on any atom is -0.481 e. The van der Waals surface area contributed by atoms with Gasteiger partial charge in [0.1, 0.15) is 6.61 Å². The predicted octanol–water partition coefficient (Wildman–Crippen LogP) is 4.45. The van der Waals surface area contributed by atoms with Crippen molar-refractivity contribution in [2.75, 3.05) is 6.61 Å². The monoisotopic (exact) mass is 464 g/mol. The van der Waals surface area contributed by atoms with Crippen molar-refractivity contribution in [1.82, 2.24) is 10.6 Å². The van der Waals surface area contributed by atoms with Crippen molar-refractivity contribution in [2.24, 2.45) is 5.92 Å². The average Bonchev–Trinajstić information content (AvgIpc) is 3.11. The fourth-order valence-corrected chi connectivity index (χ4v) is 5.43. The lowest BCUT2D eigenvalue weighted by molar-refractivity contribution is -0.137. The lowest BCUT2D eigenvalue weighted by atomic mass is 9.73. The Morgan fingerprint density at radius 1 is 1.06 bits per heavy atom. The van der Waals surface area contributed by atoms with Crippen LogP contribution in [-0.4, -0.2) is 41.3 Å². The van der Waals surface area contributed by atoms with Crippen LogP contribution in [0.2, 0.25) is 0 Å². The van der Waals surface area contributed by atoms with Crippen molar-refractivity contribution >= 4 is 18.0 Å². The average molecular weight is 465 g/mol. The summed E-state index contributed by atoms with van der Waals surface area (Å²) in [5, 5.41) is 14.7. The molecule has 3 unspecified atom stereocenters. The molecule has 0 saturated heterocycles. The zero-order valence-corrected chi connectivity index (χ0v) is 19.7. The summed E-state index contributed by atoms with van der Waals surface area (Å²) < 4.78 is 5.71. The predicted molar refractivity (Wildman–Crippen MR) is 128 cm³/mol. The number of rotatable bonds is 7. The molecule has 2 aliphatic carbocycles. The Labute approximate surface area is 199 Å². The molecule has 180 valence electrons. The van der Waals surface area contributed by atoms with Gasteiger partial charge in [-0.1, -0.05) is 61.4 Å². The van der Waals surface area contributed by atoms with E-state index in [1.54, 1.807) is 6.92 Å². The van der Waals surface area contributed by atoms with Crippen molar-refractivity contribution in [3.63, 3.8) is 0 Å². The number of hydrogen-bond donors (Lipinski definition) is 3. The second kappa shape index (κ2) is 9.87. The van der Waals surface area contributed by atoms with E-state index in [2.05, 4.69) is 34.9 Å². The van der Waals surface area contributed by atoms with E-state index in [-0.39, 0.29) is 24.9 Å². The second-order valence-corrected chi connectivity index (χ2v) is 9.67. The molecular formula is C27H32N2O5. The van der Waals surface area contributed by atoms with Crippen LogP contribution in [-0.2, 0) is 14.3 Å². The molecule has 7 heteroatoms. The van der Waals surface area contributed by atoms with Gasteiger partial charge in [0.15, 0.2) is 0 Å². The third-order valence-electron chi connectivity index (χ3n) is 7.13. The van der Waals surface area contributed by atoms with Crippen LogP contribution >= 0.6 is 0 Å². The third-order valence-corrected chi connectivity index (χ3v) is 7.13. The number of carboxylic acid groups (broad SMARTS) is 1. The second-order valence-electron chi connectivity index (χ2n) is 9.67. The van der Waals surface area contributed by atoms with Crippen molar-refractivity contribution in [3.05, 3.63) is 59.7 Å². The Morgan fingerprint density at radius 2 is 1.68 bits per heavy atom. The van der Waals surface area contributed by atoms with Gasteiger partial charge in [-0.05, 0) is 48.9 Å². The smallest absolute Gasteiger partial charge is 0.407 e. The van der Waals surface area contributed by atoms with Gasteiger partial charge in [-0.3, -0.25) is 9.59 Å². The first kappa shape index (κ1) is 23.8. The van der Waals surface area contributed by atoms with Crippen LogP contribution in [0.4, 0.5) is 4.79 Å². The molecule has 7 nitrogen and oxygen atoms in total. The summed E-state index contributed by atoms with van der Waals surface area (Å²) in [5.41, 5.74) is 3.86. The normalized spacial score (nSPS) is 22.2. The Kier molecular flexibility index (Phi) is 6.91. The number of nitrogens with one attached hydrogen (secondary N) is 2. The minimum atomic E-state index is -0.962. The van der Waals surface area contributed by atoms with Crippen LogP contribution in [0.1, 0.15) is 63.0 Å². The molecule has 0 spiro atoms. The van der Waals surface area contributed by atoms with Gasteiger partial charge in [0.25, 0.3) is 0 Å². The van der Waals surface area contributed by atoms with Gasteiger partial charge in [-0.15, -0.1) is 0 Å². The highest BCUT2D eigenvalue weighted by atomic mass is 16.5. The number of carbonyl (C=O) groups excluding carboxylic acids is 2. The summed E-state index contributed by atoms with van der Waals surface area (Å²) in [7, 11) is 0. The highest BCUT2D eigenvalue weighted by Crippen LogP contribution is 2.44. The van der Waals surface area contributed by atoms with Gasteiger partial charge in [0, 0.05) is 12.0 Å². The standard InChI is InChI=1S/C27H32N2O5/c1-17(15-24(30)31)28-25(32)23-13-7-8-14-27(23,2)29-26(33)34-16-22-20-11-5-3-9-18(20)19-10-4-6-12-21(19)22/h3-6,9-12,17,22-23H,7-8,13-16H2,1-2H3,(H,28,32)(H,29,33)(H,30,31). The Morgan fingerprint density at radius 3 is 2.29 bits per heavy atom. The van der Waals surface area contributed by atoms with Crippen LogP contribution in [0.5, 0.6) is 0 Å². The summed E-state index contributed by atoms with van der Waals surface area (Å²) in [6, 6.07) is 15.9. The van der Waals surface area contributed by atoms with Gasteiger partial charge in [0.2, 0.25) is 5.91 Å². The summed E-state index contributed by atoms with van der Waals surface area (Å²) in [4.78, 5) is 36.8. The first-order chi connectivity index (χ1) is 16.3. The molecule has 3 atom stereocenters. The quantitative estimate of drug-likeness (QED) is 0.561. The molecule has 2 aromatic rings. The lowest BCUT2D eigenvalue weighted by Crippen LogP contribution is -2.58. The molecule has 2 aliphatic rings. The number of aliphatic carboxylic acids is 1. The Balaban J connectivity index is 1.41. The Bertz CT molecular complexity index is 1040. The molecule has 34 heavy (non-hydrogen) atoms. The maximum Gasteiger partial charge on any atom is 0.407 e. The van der Waals surface area contributed by atoms with E-state index in [4.69, 9.17) is 9.84 Å². The van der Waals surface area contributed by atoms with Crippen molar-refractivity contribution in [3.8, 4) is 11.1 Å². The summed E-state index contributed by atoms with van der Waals surface area (Å²) in [6.07, 6.45) is 2.38. The van der Waals surface area contributed by atoms with Gasteiger partial charge >= 0.3 is 12.1 Å². The van der Waals surface area contributed by atoms with E-state index in [9.17, 15) is 14.4 Å². The van der Waals surface area contributed by atoms with E-state index in [0.29, 0.717) is 12.8 Å². The summed E-state index contributed by atoms with van der Waals surface area (Å²) in [6.45, 7) is 3.76. The number of hydrogen-bond acceptors (Lipinski definition) is 4. The molecule has 2 aromatic carbocycles. The van der Waals surface area contributed by atoms with E-state index < -0.39 is 29.6 Å². The zero-order valence-electron chi connectivity index (χ0n) is 19.7. The molecule has 2 amide bonds. The summed E-state index contributed by atoms with van der Waals surface area (Å²) >= 11 is 0. The zero-order chi connectivity index (χ0) is 24.3. The van der Waals surface area contributed by atoms with Crippen LogP contribution in [0.25, 0.3) is 11.1 Å². The number of fused-ring (bicyclic) bond motifs is 3. The van der Waals surface area contributed by atoms with Crippen molar-refractivity contribution < 1.29 is 24.2 Å². The number of amides is 2.